The first-order valence-electron chi connectivity index (χ1n) is 14.2. The maximum Gasteiger partial charge on any atom is 0.269 e. The first-order chi connectivity index (χ1) is 19.8. The summed E-state index contributed by atoms with van der Waals surface area (Å²) >= 11 is 0. The van der Waals surface area contributed by atoms with Gasteiger partial charge in [0.05, 0.1) is 27.8 Å². The van der Waals surface area contributed by atoms with Crippen molar-refractivity contribution in [3.63, 3.8) is 0 Å². The van der Waals surface area contributed by atoms with Gasteiger partial charge in [0.2, 0.25) is 12.8 Å². The molecule has 1 unspecified atom stereocenters. The fraction of sp³-hybridized carbons (Fsp3) is 0.419. The molecule has 2 aliphatic heterocycles. The quantitative estimate of drug-likeness (QED) is 0.215. The van der Waals surface area contributed by atoms with Crippen LogP contribution in [0.15, 0.2) is 77.9 Å². The van der Waals surface area contributed by atoms with E-state index in [-0.39, 0.29) is 5.69 Å². The van der Waals surface area contributed by atoms with E-state index < -0.39 is 16.4 Å². The molecule has 1 fully saturated rings. The second kappa shape index (κ2) is 13.6. The van der Waals surface area contributed by atoms with Gasteiger partial charge in [0, 0.05) is 50.2 Å². The average Bonchev–Trinajstić information content (AvgIpc) is 3.00. The van der Waals surface area contributed by atoms with E-state index in [1.165, 1.54) is 12.1 Å². The number of hydrogen-bond acceptors (Lipinski definition) is 7. The predicted octanol–water partition coefficient (Wildman–Crippen LogP) is 4.06. The maximum absolute atomic E-state index is 12.5. The molecule has 0 radical (unpaired) electrons. The SMILES string of the molecule is CCC1=C(NC=O)C(c2ccc([N+](=O)[O-])cc2)C(N(C=O)CCCN2CCC(O)(c3ccccc3)CC2)=CN1CC. The molecule has 2 aromatic carbocycles. The summed E-state index contributed by atoms with van der Waals surface area (Å²) in [6.45, 7) is 7.43. The summed E-state index contributed by atoms with van der Waals surface area (Å²) in [5, 5.41) is 25.3. The minimum Gasteiger partial charge on any atom is -0.385 e. The van der Waals surface area contributed by atoms with Gasteiger partial charge in [0.1, 0.15) is 0 Å². The first kappa shape index (κ1) is 30.0. The van der Waals surface area contributed by atoms with Gasteiger partial charge in [-0.05, 0) is 50.3 Å². The van der Waals surface area contributed by atoms with Gasteiger partial charge in [-0.1, -0.05) is 49.4 Å². The van der Waals surface area contributed by atoms with Gasteiger partial charge in [-0.15, -0.1) is 0 Å². The standard InChI is InChI=1S/C31H39N5O5/c1-3-27-30(32-22-37)29(24-11-13-26(14-12-24)36(40)41)28(21-34(27)4-2)35(23-38)18-8-17-33-19-15-31(39,16-20-33)25-9-6-5-7-10-25/h5-7,9-14,21-23,29,39H,3-4,8,15-20H2,1-2H3,(H,32,37). The van der Waals surface area contributed by atoms with E-state index in [0.717, 1.165) is 49.3 Å². The van der Waals surface area contributed by atoms with Crippen molar-refractivity contribution in [2.24, 2.45) is 0 Å². The largest absolute Gasteiger partial charge is 0.385 e. The zero-order chi connectivity index (χ0) is 29.4. The van der Waals surface area contributed by atoms with Crippen LogP contribution < -0.4 is 5.32 Å². The molecule has 1 saturated heterocycles. The number of piperidine rings is 1. The summed E-state index contributed by atoms with van der Waals surface area (Å²) in [5.41, 5.74) is 3.16. The Bertz CT molecular complexity index is 1270. The van der Waals surface area contributed by atoms with E-state index in [2.05, 4.69) is 10.2 Å². The molecule has 0 saturated carbocycles. The number of aliphatic hydroxyl groups is 1. The zero-order valence-electron chi connectivity index (χ0n) is 23.7. The van der Waals surface area contributed by atoms with Crippen molar-refractivity contribution in [1.82, 2.24) is 20.0 Å². The van der Waals surface area contributed by atoms with Gasteiger partial charge in [-0.25, -0.2) is 0 Å². The van der Waals surface area contributed by atoms with Crippen LogP contribution in [0.4, 0.5) is 5.69 Å². The van der Waals surface area contributed by atoms with E-state index in [1.807, 2.05) is 55.3 Å². The van der Waals surface area contributed by atoms with Crippen molar-refractivity contribution < 1.29 is 19.6 Å². The van der Waals surface area contributed by atoms with E-state index in [1.54, 1.807) is 17.0 Å². The molecule has 1 atom stereocenters. The Morgan fingerprint density at radius 2 is 1.78 bits per heavy atom. The lowest BCUT2D eigenvalue weighted by Crippen LogP contribution is -2.43. The highest BCUT2D eigenvalue weighted by atomic mass is 16.6. The first-order valence-corrected chi connectivity index (χ1v) is 14.2. The van der Waals surface area contributed by atoms with Crippen molar-refractivity contribution in [3.8, 4) is 0 Å². The second-order valence-corrected chi connectivity index (χ2v) is 10.5. The third-order valence-corrected chi connectivity index (χ3v) is 8.18. The van der Waals surface area contributed by atoms with E-state index in [0.29, 0.717) is 50.2 Å². The summed E-state index contributed by atoms with van der Waals surface area (Å²) in [6, 6.07) is 16.1. The number of nitro benzene ring substituents is 1. The normalized spacial score (nSPS) is 19.0. The van der Waals surface area contributed by atoms with Crippen LogP contribution in [0.25, 0.3) is 0 Å². The molecule has 0 aliphatic carbocycles. The Morgan fingerprint density at radius 3 is 2.34 bits per heavy atom. The Morgan fingerprint density at radius 1 is 1.10 bits per heavy atom. The molecule has 2 heterocycles. The minimum atomic E-state index is -0.813. The van der Waals surface area contributed by atoms with E-state index in [4.69, 9.17) is 0 Å². The van der Waals surface area contributed by atoms with Crippen molar-refractivity contribution in [3.05, 3.63) is 99.1 Å². The molecule has 10 nitrogen and oxygen atoms in total. The van der Waals surface area contributed by atoms with Crippen molar-refractivity contribution in [1.29, 1.82) is 0 Å². The topological polar surface area (TPSA) is 119 Å². The van der Waals surface area contributed by atoms with Crippen LogP contribution in [0, 0.1) is 10.1 Å². The summed E-state index contributed by atoms with van der Waals surface area (Å²) in [4.78, 5) is 41.0. The number of benzene rings is 2. The van der Waals surface area contributed by atoms with Crippen LogP contribution in [0.3, 0.4) is 0 Å². The lowest BCUT2D eigenvalue weighted by atomic mass is 9.84. The second-order valence-electron chi connectivity index (χ2n) is 10.5. The number of nitro groups is 1. The molecular formula is C31H39N5O5. The number of likely N-dealkylation sites (tertiary alicyclic amines) is 1. The summed E-state index contributed by atoms with van der Waals surface area (Å²) < 4.78 is 0. The Balaban J connectivity index is 1.51. The fourth-order valence-electron chi connectivity index (χ4n) is 5.94. The van der Waals surface area contributed by atoms with Crippen LogP contribution >= 0.6 is 0 Å². The molecule has 0 spiro atoms. The summed E-state index contributed by atoms with van der Waals surface area (Å²) in [7, 11) is 0. The molecule has 0 aromatic heterocycles. The summed E-state index contributed by atoms with van der Waals surface area (Å²) in [5.74, 6) is -0.472. The third-order valence-electron chi connectivity index (χ3n) is 8.18. The van der Waals surface area contributed by atoms with Gasteiger partial charge in [0.15, 0.2) is 0 Å². The molecule has 2 N–H and O–H groups in total. The molecule has 41 heavy (non-hydrogen) atoms. The number of allylic oxidation sites excluding steroid dienone is 1. The van der Waals surface area contributed by atoms with E-state index in [9.17, 15) is 24.8 Å². The molecule has 2 amide bonds. The molecular weight excluding hydrogens is 522 g/mol. The third kappa shape index (κ3) is 6.66. The highest BCUT2D eigenvalue weighted by molar-refractivity contribution is 5.59. The number of amides is 2. The number of carbonyl (C=O) groups excluding carboxylic acids is 2. The zero-order valence-corrected chi connectivity index (χ0v) is 23.7. The number of carbonyl (C=O) groups is 2. The van der Waals surface area contributed by atoms with E-state index >= 15 is 0 Å². The fourth-order valence-corrected chi connectivity index (χ4v) is 5.94. The highest BCUT2D eigenvalue weighted by Gasteiger charge is 2.35. The average molecular weight is 562 g/mol. The van der Waals surface area contributed by atoms with Crippen LogP contribution in [0.5, 0.6) is 0 Å². The lowest BCUT2D eigenvalue weighted by Gasteiger charge is -2.40. The Kier molecular flexibility index (Phi) is 9.91. The van der Waals surface area contributed by atoms with Crippen LogP contribution in [-0.2, 0) is 15.2 Å². The van der Waals surface area contributed by atoms with Gasteiger partial charge in [-0.3, -0.25) is 19.7 Å². The van der Waals surface area contributed by atoms with Crippen LogP contribution in [-0.4, -0.2) is 70.3 Å². The van der Waals surface area contributed by atoms with Crippen molar-refractivity contribution >= 4 is 18.5 Å². The van der Waals surface area contributed by atoms with Gasteiger partial charge in [0.25, 0.3) is 5.69 Å². The molecule has 0 bridgehead atoms. The monoisotopic (exact) mass is 561 g/mol. The van der Waals surface area contributed by atoms with Gasteiger partial charge >= 0.3 is 0 Å². The van der Waals surface area contributed by atoms with Crippen LogP contribution in [0.1, 0.15) is 56.6 Å². The minimum absolute atomic E-state index is 0.0252. The van der Waals surface area contributed by atoms with Gasteiger partial charge < -0.3 is 25.1 Å². The highest BCUT2D eigenvalue weighted by Crippen LogP contribution is 2.40. The predicted molar refractivity (Wildman–Crippen MR) is 156 cm³/mol. The van der Waals surface area contributed by atoms with Crippen molar-refractivity contribution in [2.75, 3.05) is 32.7 Å². The van der Waals surface area contributed by atoms with Crippen LogP contribution in [0.2, 0.25) is 0 Å². The van der Waals surface area contributed by atoms with Crippen molar-refractivity contribution in [2.45, 2.75) is 51.0 Å². The number of non-ortho nitro benzene ring substituents is 1. The smallest absolute Gasteiger partial charge is 0.269 e. The molecule has 4 rings (SSSR count). The van der Waals surface area contributed by atoms with Gasteiger partial charge in [-0.2, -0.15) is 0 Å². The Hall–Kier alpha value is -4.02. The molecule has 2 aromatic rings. The number of nitrogens with one attached hydrogen (secondary N) is 1. The lowest BCUT2D eigenvalue weighted by molar-refractivity contribution is -0.384. The summed E-state index contributed by atoms with van der Waals surface area (Å²) in [6.07, 6.45) is 6.09. The number of nitrogens with zero attached hydrogens (tertiary/aromatic N) is 4. The maximum atomic E-state index is 12.5. The molecule has 10 heteroatoms. The Labute approximate surface area is 241 Å². The number of hydrogen-bond donors (Lipinski definition) is 2. The number of rotatable bonds is 13. The molecule has 218 valence electrons. The molecule has 2 aliphatic rings.